The molecule has 1 aliphatic rings. The first-order chi connectivity index (χ1) is 7.83. The fraction of sp³-hybridized carbons (Fsp3) is 0.200. The van der Waals surface area contributed by atoms with Gasteiger partial charge in [-0.3, -0.25) is 4.79 Å². The van der Waals surface area contributed by atoms with Gasteiger partial charge in [-0.15, -0.1) is 0 Å². The monoisotopic (exact) mass is 236 g/mol. The number of hydrogen-bond donors (Lipinski definition) is 1. The molecular formula is C10H8N2O3S. The van der Waals surface area contributed by atoms with Crippen LogP contribution >= 0.6 is 11.3 Å². The van der Waals surface area contributed by atoms with Gasteiger partial charge in [-0.1, -0.05) is 11.3 Å². The SMILES string of the molecule is O=c1[nH]nc(-c2ccc3c(c2)OCCO3)s1. The largest absolute Gasteiger partial charge is 0.486 e. The topological polar surface area (TPSA) is 64.2 Å². The van der Waals surface area contributed by atoms with E-state index in [9.17, 15) is 4.79 Å². The van der Waals surface area contributed by atoms with E-state index in [1.807, 2.05) is 18.2 Å². The second kappa shape index (κ2) is 3.64. The van der Waals surface area contributed by atoms with Gasteiger partial charge >= 0.3 is 4.87 Å². The van der Waals surface area contributed by atoms with Crippen LogP contribution in [0.3, 0.4) is 0 Å². The highest BCUT2D eigenvalue weighted by atomic mass is 32.1. The molecule has 82 valence electrons. The van der Waals surface area contributed by atoms with Crippen LogP contribution in [0.1, 0.15) is 0 Å². The highest BCUT2D eigenvalue weighted by Crippen LogP contribution is 2.34. The van der Waals surface area contributed by atoms with E-state index >= 15 is 0 Å². The lowest BCUT2D eigenvalue weighted by atomic mass is 10.2. The van der Waals surface area contributed by atoms with Gasteiger partial charge in [-0.2, -0.15) is 5.10 Å². The fourth-order valence-electron chi connectivity index (χ4n) is 1.53. The number of fused-ring (bicyclic) bond motifs is 1. The zero-order valence-electron chi connectivity index (χ0n) is 8.23. The Morgan fingerprint density at radius 2 is 2.06 bits per heavy atom. The second-order valence-corrected chi connectivity index (χ2v) is 4.24. The minimum atomic E-state index is -0.162. The molecule has 0 bridgehead atoms. The third-order valence-electron chi connectivity index (χ3n) is 2.23. The van der Waals surface area contributed by atoms with E-state index in [1.54, 1.807) is 0 Å². The summed E-state index contributed by atoms with van der Waals surface area (Å²) in [5, 5.41) is 6.96. The molecule has 1 aromatic carbocycles. The number of aromatic amines is 1. The summed E-state index contributed by atoms with van der Waals surface area (Å²) in [6.07, 6.45) is 0. The van der Waals surface area contributed by atoms with Crippen molar-refractivity contribution in [2.45, 2.75) is 0 Å². The van der Waals surface area contributed by atoms with E-state index < -0.39 is 0 Å². The zero-order chi connectivity index (χ0) is 11.0. The van der Waals surface area contributed by atoms with Crippen LogP contribution in [0.4, 0.5) is 0 Å². The molecule has 3 rings (SSSR count). The van der Waals surface area contributed by atoms with Crippen LogP contribution < -0.4 is 14.3 Å². The molecule has 16 heavy (non-hydrogen) atoms. The fourth-order valence-corrected chi connectivity index (χ4v) is 2.13. The van der Waals surface area contributed by atoms with Gasteiger partial charge in [0.1, 0.15) is 18.2 Å². The Morgan fingerprint density at radius 1 is 1.25 bits per heavy atom. The number of benzene rings is 1. The third-order valence-corrected chi connectivity index (χ3v) is 3.02. The molecule has 6 heteroatoms. The van der Waals surface area contributed by atoms with Crippen molar-refractivity contribution in [1.29, 1.82) is 0 Å². The minimum absolute atomic E-state index is 0.162. The summed E-state index contributed by atoms with van der Waals surface area (Å²) in [4.78, 5) is 10.8. The van der Waals surface area contributed by atoms with E-state index in [4.69, 9.17) is 9.47 Å². The summed E-state index contributed by atoms with van der Waals surface area (Å²) in [6, 6.07) is 5.52. The van der Waals surface area contributed by atoms with Crippen LogP contribution in [0, 0.1) is 0 Å². The molecule has 2 aromatic rings. The second-order valence-electron chi connectivity index (χ2n) is 3.28. The summed E-state index contributed by atoms with van der Waals surface area (Å²) in [5.41, 5.74) is 0.854. The molecule has 1 N–H and O–H groups in total. The molecule has 0 spiro atoms. The van der Waals surface area contributed by atoms with Gasteiger partial charge in [0.15, 0.2) is 11.5 Å². The Morgan fingerprint density at radius 3 is 2.81 bits per heavy atom. The third kappa shape index (κ3) is 1.57. The van der Waals surface area contributed by atoms with E-state index in [0.717, 1.165) is 22.6 Å². The molecule has 0 aliphatic carbocycles. The molecule has 0 unspecified atom stereocenters. The molecule has 0 saturated carbocycles. The Hall–Kier alpha value is -1.82. The average molecular weight is 236 g/mol. The van der Waals surface area contributed by atoms with Crippen LogP contribution in [0.5, 0.6) is 11.5 Å². The van der Waals surface area contributed by atoms with Crippen molar-refractivity contribution in [1.82, 2.24) is 10.2 Å². The first kappa shape index (κ1) is 9.41. The lowest BCUT2D eigenvalue weighted by Gasteiger charge is -2.18. The first-order valence-corrected chi connectivity index (χ1v) is 5.60. The number of rotatable bonds is 1. The van der Waals surface area contributed by atoms with Gasteiger partial charge in [0.2, 0.25) is 0 Å². The van der Waals surface area contributed by atoms with Gasteiger partial charge in [0, 0.05) is 5.56 Å². The van der Waals surface area contributed by atoms with Crippen molar-refractivity contribution >= 4 is 11.3 Å². The van der Waals surface area contributed by atoms with E-state index in [0.29, 0.717) is 24.0 Å². The van der Waals surface area contributed by atoms with Crippen LogP contribution in [0.15, 0.2) is 23.0 Å². The van der Waals surface area contributed by atoms with Crippen molar-refractivity contribution in [3.8, 4) is 22.1 Å². The van der Waals surface area contributed by atoms with Crippen molar-refractivity contribution in [2.75, 3.05) is 13.2 Å². The van der Waals surface area contributed by atoms with Gasteiger partial charge in [0.05, 0.1) is 0 Å². The summed E-state index contributed by atoms with van der Waals surface area (Å²) >= 11 is 1.07. The zero-order valence-corrected chi connectivity index (χ0v) is 9.04. The number of aromatic nitrogens is 2. The molecule has 0 amide bonds. The highest BCUT2D eigenvalue weighted by molar-refractivity contribution is 7.12. The predicted molar refractivity (Wildman–Crippen MR) is 59.2 cm³/mol. The van der Waals surface area contributed by atoms with Crippen molar-refractivity contribution in [3.05, 3.63) is 27.9 Å². The Bertz CT molecular complexity index is 575. The van der Waals surface area contributed by atoms with E-state index in [-0.39, 0.29) is 4.87 Å². The summed E-state index contributed by atoms with van der Waals surface area (Å²) in [5.74, 6) is 1.43. The predicted octanol–water partition coefficient (Wildman–Crippen LogP) is 1.27. The molecule has 0 saturated heterocycles. The van der Waals surface area contributed by atoms with Crippen LogP contribution in [-0.4, -0.2) is 23.4 Å². The molecule has 5 nitrogen and oxygen atoms in total. The normalized spacial score (nSPS) is 13.8. The molecule has 2 heterocycles. The number of ether oxygens (including phenoxy) is 2. The van der Waals surface area contributed by atoms with Crippen molar-refractivity contribution in [3.63, 3.8) is 0 Å². The number of nitrogens with one attached hydrogen (secondary N) is 1. The number of H-pyrrole nitrogens is 1. The standard InChI is InChI=1S/C10H8N2O3S/c13-10-12-11-9(16-10)6-1-2-7-8(5-6)15-4-3-14-7/h1-2,5H,3-4H2,(H,12,13). The quantitative estimate of drug-likeness (QED) is 0.809. The van der Waals surface area contributed by atoms with Crippen LogP contribution in [0.2, 0.25) is 0 Å². The highest BCUT2D eigenvalue weighted by Gasteiger charge is 2.13. The Balaban J connectivity index is 2.06. The number of nitrogens with zero attached hydrogens (tertiary/aromatic N) is 1. The van der Waals surface area contributed by atoms with Gasteiger partial charge < -0.3 is 9.47 Å². The lowest BCUT2D eigenvalue weighted by molar-refractivity contribution is 0.171. The minimum Gasteiger partial charge on any atom is -0.486 e. The lowest BCUT2D eigenvalue weighted by Crippen LogP contribution is -2.15. The maximum Gasteiger partial charge on any atom is 0.322 e. The number of hydrogen-bond acceptors (Lipinski definition) is 5. The van der Waals surface area contributed by atoms with Crippen LogP contribution in [0.25, 0.3) is 10.6 Å². The Kier molecular flexibility index (Phi) is 2.14. The van der Waals surface area contributed by atoms with Crippen LogP contribution in [-0.2, 0) is 0 Å². The average Bonchev–Trinajstić information content (AvgIpc) is 2.75. The molecule has 0 fully saturated rings. The van der Waals surface area contributed by atoms with Gasteiger partial charge in [-0.05, 0) is 18.2 Å². The summed E-state index contributed by atoms with van der Waals surface area (Å²) < 4.78 is 10.9. The Labute approximate surface area is 94.6 Å². The summed E-state index contributed by atoms with van der Waals surface area (Å²) in [7, 11) is 0. The van der Waals surface area contributed by atoms with E-state index in [2.05, 4.69) is 10.2 Å². The van der Waals surface area contributed by atoms with Crippen molar-refractivity contribution in [2.24, 2.45) is 0 Å². The summed E-state index contributed by atoms with van der Waals surface area (Å²) in [6.45, 7) is 1.12. The smallest absolute Gasteiger partial charge is 0.322 e. The van der Waals surface area contributed by atoms with Gasteiger partial charge in [0.25, 0.3) is 0 Å². The van der Waals surface area contributed by atoms with Crippen molar-refractivity contribution < 1.29 is 9.47 Å². The molecule has 1 aromatic heterocycles. The maximum atomic E-state index is 11.0. The van der Waals surface area contributed by atoms with E-state index in [1.165, 1.54) is 0 Å². The molecular weight excluding hydrogens is 228 g/mol. The maximum absolute atomic E-state index is 11.0. The molecule has 0 radical (unpaired) electrons. The molecule has 0 atom stereocenters. The van der Waals surface area contributed by atoms with Gasteiger partial charge in [-0.25, -0.2) is 5.10 Å². The first-order valence-electron chi connectivity index (χ1n) is 4.78. The molecule has 1 aliphatic heterocycles.